The molecule has 1 aliphatic rings. The first-order chi connectivity index (χ1) is 7.09. The van der Waals surface area contributed by atoms with E-state index < -0.39 is 8.80 Å². The first-order valence-corrected chi connectivity index (χ1v) is 9.08. The van der Waals surface area contributed by atoms with Gasteiger partial charge in [-0.1, -0.05) is 36.9 Å². The Hall–Kier alpha value is -0.343. The third kappa shape index (κ3) is 4.80. The van der Waals surface area contributed by atoms with Crippen LogP contribution >= 0.6 is 0 Å². The highest BCUT2D eigenvalue weighted by Gasteiger charge is 2.16. The van der Waals surface area contributed by atoms with Gasteiger partial charge in [-0.15, -0.1) is 0 Å². The van der Waals surface area contributed by atoms with Gasteiger partial charge < -0.3 is 4.74 Å². The third-order valence-corrected chi connectivity index (χ3v) is 4.73. The zero-order chi connectivity index (χ0) is 11.3. The highest BCUT2D eigenvalue weighted by molar-refractivity contribution is 6.57. The van der Waals surface area contributed by atoms with Crippen LogP contribution in [0.4, 0.5) is 0 Å². The summed E-state index contributed by atoms with van der Waals surface area (Å²) < 4.78 is 5.98. The van der Waals surface area contributed by atoms with Crippen LogP contribution in [-0.2, 0) is 4.74 Å². The smallest absolute Gasteiger partial charge is 0.0656 e. The molecule has 0 saturated carbocycles. The molecule has 1 aliphatic carbocycles. The molecule has 0 aromatic rings. The van der Waals surface area contributed by atoms with Crippen LogP contribution in [0.25, 0.3) is 0 Å². The lowest BCUT2D eigenvalue weighted by Crippen LogP contribution is -2.30. The predicted molar refractivity (Wildman–Crippen MR) is 70.0 cm³/mol. The van der Waals surface area contributed by atoms with Gasteiger partial charge in [0.15, 0.2) is 0 Å². The van der Waals surface area contributed by atoms with Gasteiger partial charge in [0, 0.05) is 5.73 Å². The average molecular weight is 224 g/mol. The van der Waals surface area contributed by atoms with Crippen molar-refractivity contribution in [2.45, 2.75) is 58.0 Å². The first kappa shape index (κ1) is 12.7. The maximum atomic E-state index is 5.98. The number of hydrogen-bond donors (Lipinski definition) is 0. The Morgan fingerprint density at radius 3 is 2.60 bits per heavy atom. The second kappa shape index (κ2) is 6.29. The summed E-state index contributed by atoms with van der Waals surface area (Å²) in [6.07, 6.45) is 10.7. The molecule has 0 heterocycles. The molecular weight excluding hydrogens is 200 g/mol. The van der Waals surface area contributed by atoms with Gasteiger partial charge in [0.25, 0.3) is 0 Å². The largest absolute Gasteiger partial charge is 0.379 e. The standard InChI is InChI=1S/C13H24OSi/c1-11(2)14-13(15(3)4)10-9-12-7-5-6-8-12/h5,7-8,11,13,15H,6,9-10H2,1-4H3. The first-order valence-electron chi connectivity index (χ1n) is 6.10. The van der Waals surface area contributed by atoms with E-state index in [2.05, 4.69) is 45.2 Å². The summed E-state index contributed by atoms with van der Waals surface area (Å²) in [4.78, 5) is 0. The number of allylic oxidation sites excluding steroid dienone is 4. The van der Waals surface area contributed by atoms with E-state index in [-0.39, 0.29) is 0 Å². The zero-order valence-electron chi connectivity index (χ0n) is 10.5. The molecule has 86 valence electrons. The van der Waals surface area contributed by atoms with Gasteiger partial charge in [-0.2, -0.15) is 0 Å². The van der Waals surface area contributed by atoms with E-state index >= 15 is 0 Å². The summed E-state index contributed by atoms with van der Waals surface area (Å²) in [5.74, 6) is 0. The molecule has 15 heavy (non-hydrogen) atoms. The Balaban J connectivity index is 2.34. The number of rotatable bonds is 6. The molecule has 0 saturated heterocycles. The molecule has 0 spiro atoms. The van der Waals surface area contributed by atoms with Crippen molar-refractivity contribution in [1.82, 2.24) is 0 Å². The molecule has 1 nitrogen and oxygen atoms in total. The predicted octanol–water partition coefficient (Wildman–Crippen LogP) is 3.47. The maximum Gasteiger partial charge on any atom is 0.0656 e. The van der Waals surface area contributed by atoms with E-state index in [0.717, 1.165) is 6.42 Å². The lowest BCUT2D eigenvalue weighted by atomic mass is 10.1. The molecule has 0 amide bonds. The summed E-state index contributed by atoms with van der Waals surface area (Å²) in [7, 11) is -0.676. The van der Waals surface area contributed by atoms with Crippen LogP contribution in [0.15, 0.2) is 23.8 Å². The summed E-state index contributed by atoms with van der Waals surface area (Å²) in [6, 6.07) is 0. The second-order valence-corrected chi connectivity index (χ2v) is 8.15. The van der Waals surface area contributed by atoms with Gasteiger partial charge in [0.1, 0.15) is 0 Å². The molecule has 0 fully saturated rings. The van der Waals surface area contributed by atoms with Crippen molar-refractivity contribution in [2.75, 3.05) is 0 Å². The quantitative estimate of drug-likeness (QED) is 0.628. The second-order valence-electron chi connectivity index (χ2n) is 4.92. The van der Waals surface area contributed by atoms with Crippen molar-refractivity contribution in [3.05, 3.63) is 23.8 Å². The normalized spacial score (nSPS) is 17.6. The molecule has 1 unspecified atom stereocenters. The number of hydrogen-bond acceptors (Lipinski definition) is 1. The monoisotopic (exact) mass is 224 g/mol. The molecule has 0 aromatic heterocycles. The summed E-state index contributed by atoms with van der Waals surface area (Å²) in [5, 5.41) is 0. The third-order valence-electron chi connectivity index (χ3n) is 2.76. The van der Waals surface area contributed by atoms with Gasteiger partial charge in [-0.05, 0) is 33.1 Å². The van der Waals surface area contributed by atoms with Gasteiger partial charge in [-0.25, -0.2) is 0 Å². The number of ether oxygens (including phenoxy) is 1. The Bertz CT molecular complexity index is 241. The molecule has 0 aromatic carbocycles. The van der Waals surface area contributed by atoms with E-state index in [1.165, 1.54) is 18.4 Å². The summed E-state index contributed by atoms with van der Waals surface area (Å²) in [5.41, 5.74) is 2.04. The van der Waals surface area contributed by atoms with Crippen LogP contribution in [0.3, 0.4) is 0 Å². The fraction of sp³-hybridized carbons (Fsp3) is 0.692. The van der Waals surface area contributed by atoms with Gasteiger partial charge in [0.2, 0.25) is 0 Å². The highest BCUT2D eigenvalue weighted by Crippen LogP contribution is 2.18. The van der Waals surface area contributed by atoms with Crippen molar-refractivity contribution in [1.29, 1.82) is 0 Å². The molecule has 0 bridgehead atoms. The average Bonchev–Trinajstić information content (AvgIpc) is 2.63. The topological polar surface area (TPSA) is 9.23 Å². The van der Waals surface area contributed by atoms with E-state index in [1.807, 2.05) is 0 Å². The fourth-order valence-corrected chi connectivity index (χ4v) is 3.37. The Kier molecular flexibility index (Phi) is 5.33. The van der Waals surface area contributed by atoms with Crippen LogP contribution in [0.2, 0.25) is 13.1 Å². The highest BCUT2D eigenvalue weighted by atomic mass is 28.3. The minimum absolute atomic E-state index is 0.373. The van der Waals surface area contributed by atoms with Crippen LogP contribution in [-0.4, -0.2) is 20.6 Å². The van der Waals surface area contributed by atoms with Crippen LogP contribution in [0.5, 0.6) is 0 Å². The minimum Gasteiger partial charge on any atom is -0.379 e. The van der Waals surface area contributed by atoms with Crippen molar-refractivity contribution in [2.24, 2.45) is 0 Å². The van der Waals surface area contributed by atoms with Gasteiger partial charge in [-0.3, -0.25) is 0 Å². The van der Waals surface area contributed by atoms with E-state index in [1.54, 1.807) is 0 Å². The van der Waals surface area contributed by atoms with Gasteiger partial charge in [0.05, 0.1) is 14.9 Å². The SMILES string of the molecule is CC(C)OC(CCC1=CCC=C1)[SiH](C)C. The maximum absolute atomic E-state index is 5.98. The molecule has 0 radical (unpaired) electrons. The fourth-order valence-electron chi connectivity index (χ4n) is 1.91. The van der Waals surface area contributed by atoms with Crippen molar-refractivity contribution >= 4 is 8.80 Å². The molecular formula is C13H24OSi. The summed E-state index contributed by atoms with van der Waals surface area (Å²) in [6.45, 7) is 9.04. The van der Waals surface area contributed by atoms with Gasteiger partial charge >= 0.3 is 0 Å². The Labute approximate surface area is 95.8 Å². The lowest BCUT2D eigenvalue weighted by molar-refractivity contribution is 0.0466. The zero-order valence-corrected chi connectivity index (χ0v) is 11.6. The summed E-state index contributed by atoms with van der Waals surface area (Å²) >= 11 is 0. The Morgan fingerprint density at radius 1 is 1.40 bits per heavy atom. The molecule has 1 atom stereocenters. The Morgan fingerprint density at radius 2 is 2.13 bits per heavy atom. The lowest BCUT2D eigenvalue weighted by Gasteiger charge is -2.23. The van der Waals surface area contributed by atoms with Crippen LogP contribution in [0, 0.1) is 0 Å². The minimum atomic E-state index is -0.676. The molecule has 1 rings (SSSR count). The van der Waals surface area contributed by atoms with E-state index in [0.29, 0.717) is 11.8 Å². The van der Waals surface area contributed by atoms with Crippen molar-refractivity contribution in [3.63, 3.8) is 0 Å². The van der Waals surface area contributed by atoms with Crippen molar-refractivity contribution in [3.8, 4) is 0 Å². The molecule has 0 N–H and O–H groups in total. The molecule has 2 heteroatoms. The van der Waals surface area contributed by atoms with Crippen LogP contribution < -0.4 is 0 Å². The van der Waals surface area contributed by atoms with E-state index in [4.69, 9.17) is 4.74 Å². The van der Waals surface area contributed by atoms with Crippen molar-refractivity contribution < 1.29 is 4.74 Å². The molecule has 0 aliphatic heterocycles. The van der Waals surface area contributed by atoms with Crippen LogP contribution in [0.1, 0.15) is 33.1 Å². The van der Waals surface area contributed by atoms with E-state index in [9.17, 15) is 0 Å².